The van der Waals surface area contributed by atoms with E-state index in [1.165, 1.54) is 6.92 Å². The van der Waals surface area contributed by atoms with Crippen LogP contribution < -0.4 is 27.4 Å². The molecule has 7 N–H and O–H groups in total. The van der Waals surface area contributed by atoms with Gasteiger partial charge in [0.2, 0.25) is 23.6 Å². The van der Waals surface area contributed by atoms with Gasteiger partial charge in [0, 0.05) is 0 Å². The summed E-state index contributed by atoms with van der Waals surface area (Å²) < 4.78 is 0. The molecular weight excluding hydrogens is 326 g/mol. The molecule has 0 heterocycles. The van der Waals surface area contributed by atoms with Crippen LogP contribution in [0, 0.1) is 11.8 Å². The zero-order chi connectivity index (χ0) is 19.7. The summed E-state index contributed by atoms with van der Waals surface area (Å²) in [6.07, 6.45) is 0.741. The highest BCUT2D eigenvalue weighted by molar-refractivity contribution is 5.93. The summed E-state index contributed by atoms with van der Waals surface area (Å²) in [4.78, 5) is 47.1. The van der Waals surface area contributed by atoms with E-state index in [1.54, 1.807) is 13.8 Å². The van der Waals surface area contributed by atoms with Crippen molar-refractivity contribution in [1.29, 1.82) is 0 Å². The highest BCUT2D eigenvalue weighted by atomic mass is 16.2. The molecule has 0 aromatic carbocycles. The fourth-order valence-electron chi connectivity index (χ4n) is 1.98. The Morgan fingerprint density at radius 3 is 1.92 bits per heavy atom. The van der Waals surface area contributed by atoms with Gasteiger partial charge in [-0.15, -0.1) is 0 Å². The molecule has 0 bridgehead atoms. The van der Waals surface area contributed by atoms with E-state index in [2.05, 4.69) is 16.0 Å². The number of amides is 4. The zero-order valence-electron chi connectivity index (χ0n) is 15.6. The van der Waals surface area contributed by atoms with Crippen molar-refractivity contribution in [2.24, 2.45) is 23.3 Å². The zero-order valence-corrected chi connectivity index (χ0v) is 15.6. The molecule has 4 amide bonds. The normalized spacial score (nSPS) is 15.6. The third-order valence-corrected chi connectivity index (χ3v) is 4.00. The van der Waals surface area contributed by atoms with Crippen molar-refractivity contribution in [2.75, 3.05) is 6.54 Å². The lowest BCUT2D eigenvalue weighted by atomic mass is 9.99. The van der Waals surface area contributed by atoms with E-state index in [1.807, 2.05) is 13.8 Å². The van der Waals surface area contributed by atoms with Gasteiger partial charge in [0.25, 0.3) is 0 Å². The van der Waals surface area contributed by atoms with Crippen LogP contribution in [0.5, 0.6) is 0 Å². The van der Waals surface area contributed by atoms with Gasteiger partial charge in [-0.25, -0.2) is 0 Å². The average molecular weight is 357 g/mol. The Morgan fingerprint density at radius 1 is 0.920 bits per heavy atom. The van der Waals surface area contributed by atoms with Gasteiger partial charge >= 0.3 is 0 Å². The number of primary amides is 1. The molecule has 0 fully saturated rings. The monoisotopic (exact) mass is 357 g/mol. The number of nitrogens with one attached hydrogen (secondary N) is 3. The van der Waals surface area contributed by atoms with Crippen LogP contribution in [-0.2, 0) is 19.2 Å². The first-order chi connectivity index (χ1) is 11.5. The van der Waals surface area contributed by atoms with E-state index in [0.717, 1.165) is 6.42 Å². The van der Waals surface area contributed by atoms with Gasteiger partial charge in [-0.05, 0) is 18.8 Å². The molecule has 9 heteroatoms. The van der Waals surface area contributed by atoms with Gasteiger partial charge in [0.05, 0.1) is 12.6 Å². The van der Waals surface area contributed by atoms with Crippen LogP contribution in [0.15, 0.2) is 0 Å². The highest BCUT2D eigenvalue weighted by Gasteiger charge is 2.28. The van der Waals surface area contributed by atoms with Gasteiger partial charge in [-0.2, -0.15) is 0 Å². The molecule has 4 atom stereocenters. The van der Waals surface area contributed by atoms with Crippen LogP contribution in [-0.4, -0.2) is 48.3 Å². The van der Waals surface area contributed by atoms with E-state index in [4.69, 9.17) is 11.5 Å². The molecule has 0 radical (unpaired) electrons. The predicted molar refractivity (Wildman–Crippen MR) is 94.0 cm³/mol. The van der Waals surface area contributed by atoms with Gasteiger partial charge in [-0.3, -0.25) is 19.2 Å². The molecule has 0 aliphatic heterocycles. The smallest absolute Gasteiger partial charge is 0.243 e. The van der Waals surface area contributed by atoms with Crippen LogP contribution in [0.2, 0.25) is 0 Å². The number of rotatable bonds is 10. The molecule has 0 aliphatic carbocycles. The summed E-state index contributed by atoms with van der Waals surface area (Å²) in [5.41, 5.74) is 10.8. The van der Waals surface area contributed by atoms with E-state index in [9.17, 15) is 19.2 Å². The Labute approximate surface area is 148 Å². The topological polar surface area (TPSA) is 156 Å². The van der Waals surface area contributed by atoms with Crippen LogP contribution >= 0.6 is 0 Å². The first-order valence-electron chi connectivity index (χ1n) is 8.43. The quantitative estimate of drug-likeness (QED) is 0.325. The minimum absolute atomic E-state index is 0.0155. The second-order valence-corrected chi connectivity index (χ2v) is 6.56. The van der Waals surface area contributed by atoms with Crippen LogP contribution in [0.4, 0.5) is 0 Å². The minimum atomic E-state index is -0.854. The third-order valence-electron chi connectivity index (χ3n) is 4.00. The molecule has 0 aromatic heterocycles. The maximum Gasteiger partial charge on any atom is 0.243 e. The molecule has 0 unspecified atom stereocenters. The molecule has 144 valence electrons. The molecule has 9 nitrogen and oxygen atoms in total. The van der Waals surface area contributed by atoms with Crippen LogP contribution in [0.3, 0.4) is 0 Å². The van der Waals surface area contributed by atoms with Gasteiger partial charge < -0.3 is 27.4 Å². The van der Waals surface area contributed by atoms with Crippen LogP contribution in [0.1, 0.15) is 41.0 Å². The number of nitrogens with two attached hydrogens (primary N) is 2. The Balaban J connectivity index is 4.76. The summed E-state index contributed by atoms with van der Waals surface area (Å²) in [5, 5.41) is 7.47. The average Bonchev–Trinajstić information content (AvgIpc) is 2.54. The second-order valence-electron chi connectivity index (χ2n) is 6.56. The lowest BCUT2D eigenvalue weighted by Gasteiger charge is -2.25. The third kappa shape index (κ3) is 7.97. The van der Waals surface area contributed by atoms with Crippen molar-refractivity contribution in [3.63, 3.8) is 0 Å². The summed E-state index contributed by atoms with van der Waals surface area (Å²) in [6, 6.07) is -2.41. The van der Waals surface area contributed by atoms with Gasteiger partial charge in [0.1, 0.15) is 12.1 Å². The maximum absolute atomic E-state index is 12.3. The maximum atomic E-state index is 12.3. The minimum Gasteiger partial charge on any atom is -0.368 e. The molecule has 0 aliphatic rings. The fourth-order valence-corrected chi connectivity index (χ4v) is 1.98. The summed E-state index contributed by atoms with van der Waals surface area (Å²) in [7, 11) is 0. The lowest BCUT2D eigenvalue weighted by molar-refractivity contribution is -0.133. The van der Waals surface area contributed by atoms with E-state index in [0.29, 0.717) is 0 Å². The Kier molecular flexibility index (Phi) is 9.73. The Morgan fingerprint density at radius 2 is 1.48 bits per heavy atom. The summed E-state index contributed by atoms with van der Waals surface area (Å²) >= 11 is 0. The first kappa shape index (κ1) is 22.8. The number of carbonyl (C=O) groups is 4. The van der Waals surface area contributed by atoms with E-state index >= 15 is 0 Å². The molecule has 0 saturated heterocycles. The number of hydrogen-bond donors (Lipinski definition) is 5. The fraction of sp³-hybridized carbons (Fsp3) is 0.750. The second kappa shape index (κ2) is 10.7. The molecule has 0 aromatic rings. The summed E-state index contributed by atoms with van der Waals surface area (Å²) in [6.45, 7) is 8.47. The van der Waals surface area contributed by atoms with Crippen LogP contribution in [0.25, 0.3) is 0 Å². The largest absolute Gasteiger partial charge is 0.368 e. The van der Waals surface area contributed by atoms with Crippen molar-refractivity contribution in [1.82, 2.24) is 16.0 Å². The standard InChI is InChI=1S/C16H31N5O4/c1-6-9(4)12(18)15(24)20-10(5)14(23)21-13(8(2)3)16(25)19-7-11(17)22/h8-10,12-13H,6-7,18H2,1-5H3,(H2,17,22)(H,19,25)(H,20,24)(H,21,23)/t9-,10-,12-,13-/m0/s1. The number of carbonyl (C=O) groups excluding carboxylic acids is 4. The van der Waals surface area contributed by atoms with Crippen molar-refractivity contribution < 1.29 is 19.2 Å². The Bertz CT molecular complexity index is 495. The molecule has 25 heavy (non-hydrogen) atoms. The predicted octanol–water partition coefficient (Wildman–Crippen LogP) is -1.39. The molecule has 0 rings (SSSR count). The van der Waals surface area contributed by atoms with Crippen molar-refractivity contribution in [3.8, 4) is 0 Å². The van der Waals surface area contributed by atoms with Crippen molar-refractivity contribution >= 4 is 23.6 Å². The molecular formula is C16H31N5O4. The van der Waals surface area contributed by atoms with Gasteiger partial charge in [0.15, 0.2) is 0 Å². The SMILES string of the molecule is CC[C@H](C)[C@H](N)C(=O)N[C@@H](C)C(=O)N[C@H](C(=O)NCC(N)=O)C(C)C. The van der Waals surface area contributed by atoms with Crippen molar-refractivity contribution in [3.05, 3.63) is 0 Å². The molecule has 0 saturated carbocycles. The highest BCUT2D eigenvalue weighted by Crippen LogP contribution is 2.06. The summed E-state index contributed by atoms with van der Waals surface area (Å²) in [5.74, 6) is -2.37. The lowest BCUT2D eigenvalue weighted by Crippen LogP contribution is -2.57. The first-order valence-corrected chi connectivity index (χ1v) is 8.43. The van der Waals surface area contributed by atoms with Crippen molar-refractivity contribution in [2.45, 2.75) is 59.2 Å². The van der Waals surface area contributed by atoms with Gasteiger partial charge in [-0.1, -0.05) is 34.1 Å². The van der Waals surface area contributed by atoms with E-state index < -0.39 is 41.8 Å². The van der Waals surface area contributed by atoms with E-state index in [-0.39, 0.29) is 18.4 Å². The molecule has 0 spiro atoms. The number of hydrogen-bond acceptors (Lipinski definition) is 5. The Hall–Kier alpha value is -2.16.